The number of furan rings is 1. The second-order valence-corrected chi connectivity index (χ2v) is 7.12. The van der Waals surface area contributed by atoms with Crippen LogP contribution >= 0.6 is 0 Å². The van der Waals surface area contributed by atoms with Gasteiger partial charge in [-0.05, 0) is 54.8 Å². The molecule has 1 heterocycles. The van der Waals surface area contributed by atoms with E-state index >= 15 is 0 Å². The number of hydrogen-bond acceptors (Lipinski definition) is 3. The Morgan fingerprint density at radius 1 is 0.966 bits per heavy atom. The molecule has 3 rings (SSSR count). The van der Waals surface area contributed by atoms with Gasteiger partial charge >= 0.3 is 0 Å². The first-order valence-electron chi connectivity index (χ1n) is 9.47. The molecule has 1 aromatic heterocycles. The van der Waals surface area contributed by atoms with Gasteiger partial charge < -0.3 is 15.1 Å². The Kier molecular flexibility index (Phi) is 6.29. The molecule has 0 aliphatic rings. The van der Waals surface area contributed by atoms with Gasteiger partial charge in [0.25, 0.3) is 11.8 Å². The first-order chi connectivity index (χ1) is 13.9. The van der Waals surface area contributed by atoms with Crippen LogP contribution in [0, 0.1) is 6.92 Å². The summed E-state index contributed by atoms with van der Waals surface area (Å²) in [6, 6.07) is 18.2. The van der Waals surface area contributed by atoms with Crippen molar-refractivity contribution in [3.63, 3.8) is 0 Å². The number of nitrogens with one attached hydrogen (secondary N) is 2. The SMILES string of the molecule is Cc1ccc(C(=O)N/C(=C\c2ccco2)C(=O)Nc2ccc(C(C)C)cc2)cc1. The molecule has 0 bridgehead atoms. The summed E-state index contributed by atoms with van der Waals surface area (Å²) in [5.74, 6) is 0.0738. The van der Waals surface area contributed by atoms with Crippen molar-refractivity contribution in [1.82, 2.24) is 5.32 Å². The van der Waals surface area contributed by atoms with Crippen LogP contribution < -0.4 is 10.6 Å². The first kappa shape index (κ1) is 20.1. The summed E-state index contributed by atoms with van der Waals surface area (Å²) in [6.45, 7) is 6.17. The number of benzene rings is 2. The van der Waals surface area contributed by atoms with Crippen LogP contribution in [-0.2, 0) is 4.79 Å². The molecule has 3 aromatic rings. The molecule has 0 spiro atoms. The second-order valence-electron chi connectivity index (χ2n) is 7.12. The predicted octanol–water partition coefficient (Wildman–Crippen LogP) is 5.12. The predicted molar refractivity (Wildman–Crippen MR) is 114 cm³/mol. The van der Waals surface area contributed by atoms with Gasteiger partial charge in [-0.2, -0.15) is 0 Å². The minimum atomic E-state index is -0.431. The Balaban J connectivity index is 1.80. The lowest BCUT2D eigenvalue weighted by Gasteiger charge is -2.12. The maximum absolute atomic E-state index is 12.8. The number of rotatable bonds is 6. The summed E-state index contributed by atoms with van der Waals surface area (Å²) < 4.78 is 5.30. The minimum Gasteiger partial charge on any atom is -0.465 e. The number of anilines is 1. The molecule has 0 aliphatic carbocycles. The minimum absolute atomic E-state index is 0.0958. The van der Waals surface area contributed by atoms with Gasteiger partial charge in [0, 0.05) is 17.3 Å². The second kappa shape index (κ2) is 9.06. The highest BCUT2D eigenvalue weighted by atomic mass is 16.3. The fourth-order valence-electron chi connectivity index (χ4n) is 2.72. The standard InChI is InChI=1S/C24H24N2O3/c1-16(2)18-10-12-20(13-11-18)25-24(28)22(15-21-5-4-14-29-21)26-23(27)19-8-6-17(3)7-9-19/h4-16H,1-3H3,(H,25,28)(H,26,27)/b22-15-. The summed E-state index contributed by atoms with van der Waals surface area (Å²) in [5, 5.41) is 5.51. The van der Waals surface area contributed by atoms with Crippen molar-refractivity contribution in [2.24, 2.45) is 0 Å². The van der Waals surface area contributed by atoms with Gasteiger partial charge in [-0.15, -0.1) is 0 Å². The molecule has 2 amide bonds. The quantitative estimate of drug-likeness (QED) is 0.576. The van der Waals surface area contributed by atoms with Crippen LogP contribution in [0.4, 0.5) is 5.69 Å². The summed E-state index contributed by atoms with van der Waals surface area (Å²) in [5.41, 5.74) is 3.44. The Morgan fingerprint density at radius 3 is 2.24 bits per heavy atom. The van der Waals surface area contributed by atoms with Gasteiger partial charge in [-0.1, -0.05) is 43.7 Å². The maximum Gasteiger partial charge on any atom is 0.272 e. The molecule has 148 valence electrons. The van der Waals surface area contributed by atoms with Crippen molar-refractivity contribution in [1.29, 1.82) is 0 Å². The highest BCUT2D eigenvalue weighted by Crippen LogP contribution is 2.18. The van der Waals surface area contributed by atoms with E-state index in [0.29, 0.717) is 22.9 Å². The van der Waals surface area contributed by atoms with Gasteiger partial charge in [0.15, 0.2) is 0 Å². The third-order valence-corrected chi connectivity index (χ3v) is 4.47. The zero-order valence-corrected chi connectivity index (χ0v) is 16.7. The van der Waals surface area contributed by atoms with Crippen LogP contribution in [0.15, 0.2) is 77.0 Å². The van der Waals surface area contributed by atoms with Crippen molar-refractivity contribution in [3.8, 4) is 0 Å². The molecular formula is C24H24N2O3. The van der Waals surface area contributed by atoms with Gasteiger partial charge in [0.05, 0.1) is 6.26 Å². The molecule has 2 N–H and O–H groups in total. The van der Waals surface area contributed by atoms with E-state index in [0.717, 1.165) is 5.56 Å². The summed E-state index contributed by atoms with van der Waals surface area (Å²) in [6.07, 6.45) is 3.01. The van der Waals surface area contributed by atoms with Crippen LogP contribution in [0.25, 0.3) is 6.08 Å². The monoisotopic (exact) mass is 388 g/mol. The highest BCUT2D eigenvalue weighted by Gasteiger charge is 2.16. The molecular weight excluding hydrogens is 364 g/mol. The van der Waals surface area contributed by atoms with Crippen LogP contribution in [0.1, 0.15) is 47.0 Å². The molecule has 0 saturated heterocycles. The molecule has 0 atom stereocenters. The molecule has 0 aliphatic heterocycles. The molecule has 5 heteroatoms. The van der Waals surface area contributed by atoms with Crippen LogP contribution in [0.5, 0.6) is 0 Å². The molecule has 2 aromatic carbocycles. The molecule has 0 saturated carbocycles. The average molecular weight is 388 g/mol. The third-order valence-electron chi connectivity index (χ3n) is 4.47. The van der Waals surface area contributed by atoms with E-state index in [-0.39, 0.29) is 11.6 Å². The van der Waals surface area contributed by atoms with Crippen LogP contribution in [0.3, 0.4) is 0 Å². The van der Waals surface area contributed by atoms with Crippen molar-refractivity contribution in [3.05, 3.63) is 95.1 Å². The molecule has 0 unspecified atom stereocenters. The van der Waals surface area contributed by atoms with Crippen molar-refractivity contribution in [2.45, 2.75) is 26.7 Å². The van der Waals surface area contributed by atoms with Crippen LogP contribution in [-0.4, -0.2) is 11.8 Å². The van der Waals surface area contributed by atoms with Gasteiger partial charge in [-0.25, -0.2) is 0 Å². The average Bonchev–Trinajstić information content (AvgIpc) is 3.21. The van der Waals surface area contributed by atoms with Crippen molar-refractivity contribution >= 4 is 23.6 Å². The Hall–Kier alpha value is -3.60. The largest absolute Gasteiger partial charge is 0.465 e. The van der Waals surface area contributed by atoms with Crippen molar-refractivity contribution < 1.29 is 14.0 Å². The Bertz CT molecular complexity index is 999. The molecule has 29 heavy (non-hydrogen) atoms. The number of carbonyl (C=O) groups excluding carboxylic acids is 2. The number of amides is 2. The Labute approximate surface area is 170 Å². The molecule has 0 fully saturated rings. The summed E-state index contributed by atoms with van der Waals surface area (Å²) in [4.78, 5) is 25.5. The lowest BCUT2D eigenvalue weighted by Crippen LogP contribution is -2.30. The fraction of sp³-hybridized carbons (Fsp3) is 0.167. The smallest absolute Gasteiger partial charge is 0.272 e. The number of hydrogen-bond donors (Lipinski definition) is 2. The first-order valence-corrected chi connectivity index (χ1v) is 9.47. The zero-order valence-electron chi connectivity index (χ0n) is 16.7. The highest BCUT2D eigenvalue weighted by molar-refractivity contribution is 6.10. The Morgan fingerprint density at radius 2 is 1.66 bits per heavy atom. The fourth-order valence-corrected chi connectivity index (χ4v) is 2.72. The van der Waals surface area contributed by atoms with E-state index in [4.69, 9.17) is 4.42 Å². The summed E-state index contributed by atoms with van der Waals surface area (Å²) >= 11 is 0. The maximum atomic E-state index is 12.8. The van der Waals surface area contributed by atoms with E-state index in [9.17, 15) is 9.59 Å². The zero-order chi connectivity index (χ0) is 20.8. The lowest BCUT2D eigenvalue weighted by atomic mass is 10.0. The van der Waals surface area contributed by atoms with Crippen molar-refractivity contribution in [2.75, 3.05) is 5.32 Å². The van der Waals surface area contributed by atoms with E-state index in [1.165, 1.54) is 17.9 Å². The van der Waals surface area contributed by atoms with Gasteiger partial charge in [0.2, 0.25) is 0 Å². The third kappa shape index (κ3) is 5.45. The normalized spacial score (nSPS) is 11.4. The molecule has 0 radical (unpaired) electrons. The van der Waals surface area contributed by atoms with E-state index in [2.05, 4.69) is 24.5 Å². The van der Waals surface area contributed by atoms with E-state index in [1.54, 1.807) is 24.3 Å². The topological polar surface area (TPSA) is 71.3 Å². The number of carbonyl (C=O) groups is 2. The van der Waals surface area contributed by atoms with Crippen LogP contribution in [0.2, 0.25) is 0 Å². The summed E-state index contributed by atoms with van der Waals surface area (Å²) in [7, 11) is 0. The van der Waals surface area contributed by atoms with E-state index in [1.807, 2.05) is 43.3 Å². The van der Waals surface area contributed by atoms with E-state index < -0.39 is 5.91 Å². The number of aryl methyl sites for hydroxylation is 1. The van der Waals surface area contributed by atoms with Gasteiger partial charge in [-0.3, -0.25) is 9.59 Å². The van der Waals surface area contributed by atoms with Gasteiger partial charge in [0.1, 0.15) is 11.5 Å². The lowest BCUT2D eigenvalue weighted by molar-refractivity contribution is -0.113. The molecule has 5 nitrogen and oxygen atoms in total.